The third-order valence-corrected chi connectivity index (χ3v) is 5.19. The average molecular weight is 420 g/mol. The highest BCUT2D eigenvalue weighted by Crippen LogP contribution is 2.22. The molecule has 2 heterocycles. The van der Waals surface area contributed by atoms with Gasteiger partial charge in [0, 0.05) is 43.6 Å². The van der Waals surface area contributed by atoms with Crippen LogP contribution in [0.5, 0.6) is 5.75 Å². The van der Waals surface area contributed by atoms with E-state index in [-0.39, 0.29) is 18.2 Å². The predicted molar refractivity (Wildman–Crippen MR) is 114 cm³/mol. The van der Waals surface area contributed by atoms with Crippen LogP contribution in [-0.2, 0) is 22.6 Å². The number of aryl methyl sites for hydroxylation is 1. The minimum atomic E-state index is -0.0944. The second-order valence-corrected chi connectivity index (χ2v) is 7.33. The molecule has 8 nitrogen and oxygen atoms in total. The zero-order chi connectivity index (χ0) is 21.6. The SMILES string of the molecule is COc1ccc(-c2noc(CCC(=O)NCc3ccc(N4CCCC4=O)cc3)n2)cc1. The van der Waals surface area contributed by atoms with Gasteiger partial charge < -0.3 is 19.5 Å². The second-order valence-electron chi connectivity index (χ2n) is 7.33. The van der Waals surface area contributed by atoms with Crippen molar-refractivity contribution >= 4 is 17.5 Å². The Bertz CT molecular complexity index is 1040. The van der Waals surface area contributed by atoms with Crippen LogP contribution in [0.2, 0.25) is 0 Å². The van der Waals surface area contributed by atoms with Gasteiger partial charge >= 0.3 is 0 Å². The van der Waals surface area contributed by atoms with Gasteiger partial charge in [-0.15, -0.1) is 0 Å². The summed E-state index contributed by atoms with van der Waals surface area (Å²) in [6, 6.07) is 15.1. The zero-order valence-electron chi connectivity index (χ0n) is 17.3. The number of methoxy groups -OCH3 is 1. The number of rotatable bonds is 8. The van der Waals surface area contributed by atoms with Gasteiger partial charge in [-0.05, 0) is 48.4 Å². The van der Waals surface area contributed by atoms with Gasteiger partial charge in [-0.2, -0.15) is 4.98 Å². The van der Waals surface area contributed by atoms with Crippen molar-refractivity contribution in [1.29, 1.82) is 0 Å². The van der Waals surface area contributed by atoms with Crippen LogP contribution < -0.4 is 15.0 Å². The van der Waals surface area contributed by atoms with E-state index in [1.54, 1.807) is 12.0 Å². The summed E-state index contributed by atoms with van der Waals surface area (Å²) in [5, 5.41) is 6.87. The Kier molecular flexibility index (Phi) is 6.26. The molecule has 2 amide bonds. The maximum atomic E-state index is 12.2. The lowest BCUT2D eigenvalue weighted by atomic mass is 10.2. The molecule has 4 rings (SSSR count). The fraction of sp³-hybridized carbons (Fsp3) is 0.304. The van der Waals surface area contributed by atoms with E-state index in [0.29, 0.717) is 31.1 Å². The number of benzene rings is 2. The van der Waals surface area contributed by atoms with Gasteiger partial charge in [0.2, 0.25) is 23.5 Å². The van der Waals surface area contributed by atoms with Crippen LogP contribution in [0.4, 0.5) is 5.69 Å². The zero-order valence-corrected chi connectivity index (χ0v) is 17.3. The summed E-state index contributed by atoms with van der Waals surface area (Å²) in [5.41, 5.74) is 2.70. The van der Waals surface area contributed by atoms with Crippen LogP contribution in [0.3, 0.4) is 0 Å². The summed E-state index contributed by atoms with van der Waals surface area (Å²) >= 11 is 0. The third-order valence-electron chi connectivity index (χ3n) is 5.19. The highest BCUT2D eigenvalue weighted by molar-refractivity contribution is 5.95. The Hall–Kier alpha value is -3.68. The molecule has 0 atom stereocenters. The molecule has 1 fully saturated rings. The first kappa shape index (κ1) is 20.6. The van der Waals surface area contributed by atoms with Gasteiger partial charge in [0.15, 0.2) is 0 Å². The number of nitrogens with zero attached hydrogens (tertiary/aromatic N) is 3. The molecule has 1 aliphatic rings. The molecule has 8 heteroatoms. The first-order chi connectivity index (χ1) is 15.1. The predicted octanol–water partition coefficient (Wildman–Crippen LogP) is 3.12. The number of hydrogen-bond donors (Lipinski definition) is 1. The molecular weight excluding hydrogens is 396 g/mol. The molecule has 0 aliphatic carbocycles. The summed E-state index contributed by atoms with van der Waals surface area (Å²) < 4.78 is 10.4. The molecule has 1 aromatic heterocycles. The number of ether oxygens (including phenoxy) is 1. The maximum Gasteiger partial charge on any atom is 0.227 e. The van der Waals surface area contributed by atoms with Gasteiger partial charge in [0.25, 0.3) is 0 Å². The largest absolute Gasteiger partial charge is 0.497 e. The maximum absolute atomic E-state index is 12.2. The molecule has 0 unspecified atom stereocenters. The third kappa shape index (κ3) is 5.09. The van der Waals surface area contributed by atoms with Crippen molar-refractivity contribution in [2.75, 3.05) is 18.6 Å². The average Bonchev–Trinajstić information content (AvgIpc) is 3.46. The number of amides is 2. The van der Waals surface area contributed by atoms with Crippen molar-refractivity contribution in [1.82, 2.24) is 15.5 Å². The summed E-state index contributed by atoms with van der Waals surface area (Å²) in [4.78, 5) is 30.2. The number of nitrogens with one attached hydrogen (secondary N) is 1. The van der Waals surface area contributed by atoms with Crippen LogP contribution in [0.1, 0.15) is 30.7 Å². The lowest BCUT2D eigenvalue weighted by Gasteiger charge is -2.16. The Morgan fingerprint density at radius 1 is 1.16 bits per heavy atom. The Morgan fingerprint density at radius 3 is 2.61 bits per heavy atom. The number of hydrogen-bond acceptors (Lipinski definition) is 6. The first-order valence-electron chi connectivity index (χ1n) is 10.3. The highest BCUT2D eigenvalue weighted by atomic mass is 16.5. The van der Waals surface area contributed by atoms with Gasteiger partial charge in [0.1, 0.15) is 5.75 Å². The number of anilines is 1. The number of carbonyl (C=O) groups is 2. The van der Waals surface area contributed by atoms with Crippen LogP contribution in [0.15, 0.2) is 53.1 Å². The van der Waals surface area contributed by atoms with E-state index in [9.17, 15) is 9.59 Å². The van der Waals surface area contributed by atoms with Gasteiger partial charge in [-0.1, -0.05) is 17.3 Å². The van der Waals surface area contributed by atoms with Gasteiger partial charge in [-0.25, -0.2) is 0 Å². The minimum absolute atomic E-state index is 0.0944. The van der Waals surface area contributed by atoms with Crippen LogP contribution in [0.25, 0.3) is 11.4 Å². The molecule has 31 heavy (non-hydrogen) atoms. The smallest absolute Gasteiger partial charge is 0.227 e. The topological polar surface area (TPSA) is 97.6 Å². The fourth-order valence-corrected chi connectivity index (χ4v) is 3.44. The number of aromatic nitrogens is 2. The summed E-state index contributed by atoms with van der Waals surface area (Å²) in [7, 11) is 1.61. The number of carbonyl (C=O) groups excluding carboxylic acids is 2. The standard InChI is InChI=1S/C23H24N4O4/c1-30-19-10-6-17(7-11-19)23-25-21(31-26-23)13-12-20(28)24-15-16-4-8-18(9-5-16)27-14-2-3-22(27)29/h4-11H,2-3,12-15H2,1H3,(H,24,28). The van der Waals surface area contributed by atoms with E-state index >= 15 is 0 Å². The summed E-state index contributed by atoms with van der Waals surface area (Å²) in [5.74, 6) is 1.72. The van der Waals surface area contributed by atoms with Crippen molar-refractivity contribution in [2.45, 2.75) is 32.2 Å². The Balaban J connectivity index is 1.24. The minimum Gasteiger partial charge on any atom is -0.497 e. The molecule has 1 N–H and O–H groups in total. The molecule has 3 aromatic rings. The van der Waals surface area contributed by atoms with E-state index in [2.05, 4.69) is 15.5 Å². The molecule has 0 saturated carbocycles. The molecule has 1 aliphatic heterocycles. The highest BCUT2D eigenvalue weighted by Gasteiger charge is 2.21. The molecule has 0 bridgehead atoms. The van der Waals surface area contributed by atoms with Crippen molar-refractivity contribution < 1.29 is 18.8 Å². The monoisotopic (exact) mass is 420 g/mol. The van der Waals surface area contributed by atoms with Crippen molar-refractivity contribution in [3.8, 4) is 17.1 Å². The fourth-order valence-electron chi connectivity index (χ4n) is 3.44. The van der Waals surface area contributed by atoms with Crippen LogP contribution in [-0.4, -0.2) is 35.6 Å². The van der Waals surface area contributed by atoms with Crippen molar-refractivity contribution in [3.63, 3.8) is 0 Å². The molecular formula is C23H24N4O4. The van der Waals surface area contributed by atoms with E-state index in [1.807, 2.05) is 48.5 Å². The molecule has 160 valence electrons. The van der Waals surface area contributed by atoms with E-state index in [1.165, 1.54) is 0 Å². The first-order valence-corrected chi connectivity index (χ1v) is 10.3. The lowest BCUT2D eigenvalue weighted by Crippen LogP contribution is -2.24. The molecule has 2 aromatic carbocycles. The summed E-state index contributed by atoms with van der Waals surface area (Å²) in [6.45, 7) is 1.19. The van der Waals surface area contributed by atoms with E-state index in [0.717, 1.165) is 35.5 Å². The Labute approximate surface area is 180 Å². The molecule has 1 saturated heterocycles. The van der Waals surface area contributed by atoms with Gasteiger partial charge in [-0.3, -0.25) is 9.59 Å². The molecule has 0 radical (unpaired) electrons. The van der Waals surface area contributed by atoms with Crippen molar-refractivity contribution in [2.24, 2.45) is 0 Å². The van der Waals surface area contributed by atoms with E-state index in [4.69, 9.17) is 9.26 Å². The van der Waals surface area contributed by atoms with Gasteiger partial charge in [0.05, 0.1) is 7.11 Å². The Morgan fingerprint density at radius 2 is 1.94 bits per heavy atom. The summed E-state index contributed by atoms with van der Waals surface area (Å²) in [6.07, 6.45) is 2.13. The van der Waals surface area contributed by atoms with Crippen LogP contribution in [0, 0.1) is 0 Å². The lowest BCUT2D eigenvalue weighted by molar-refractivity contribution is -0.121. The van der Waals surface area contributed by atoms with Crippen LogP contribution >= 0.6 is 0 Å². The molecule has 0 spiro atoms. The van der Waals surface area contributed by atoms with Crippen molar-refractivity contribution in [3.05, 3.63) is 60.0 Å². The van der Waals surface area contributed by atoms with E-state index < -0.39 is 0 Å². The quantitative estimate of drug-likeness (QED) is 0.601. The second kappa shape index (κ2) is 9.42. The normalized spacial score (nSPS) is 13.5.